The Bertz CT molecular complexity index is 285. The van der Waals surface area contributed by atoms with Crippen molar-refractivity contribution in [2.45, 2.75) is 13.3 Å². The van der Waals surface area contributed by atoms with Crippen LogP contribution in [0.5, 0.6) is 0 Å². The van der Waals surface area contributed by atoms with Crippen molar-refractivity contribution in [3.8, 4) is 0 Å². The molecule has 0 aliphatic rings. The van der Waals surface area contributed by atoms with E-state index in [1.807, 2.05) is 0 Å². The molecular formula is C6H6F2N2O2. The van der Waals surface area contributed by atoms with Crippen LogP contribution in [0.4, 0.5) is 14.8 Å². The molecule has 0 unspecified atom stereocenters. The number of amides is 1. The molecule has 0 saturated carbocycles. The number of nitrogens with one attached hydrogen (secondary N) is 1. The second-order valence-electron chi connectivity index (χ2n) is 2.08. The first-order valence-corrected chi connectivity index (χ1v) is 3.10. The van der Waals surface area contributed by atoms with Gasteiger partial charge in [0.25, 0.3) is 5.91 Å². The zero-order chi connectivity index (χ0) is 9.14. The quantitative estimate of drug-likeness (QED) is 0.736. The normalized spacial score (nSPS) is 10.3. The van der Waals surface area contributed by atoms with Gasteiger partial charge >= 0.3 is 12.4 Å². The summed E-state index contributed by atoms with van der Waals surface area (Å²) in [5, 5.41) is 1.80. The van der Waals surface area contributed by atoms with Gasteiger partial charge in [0.15, 0.2) is 0 Å². The zero-order valence-electron chi connectivity index (χ0n) is 6.17. The second kappa shape index (κ2) is 3.29. The SMILES string of the molecule is Cc1coc(NC(=O)C(F)F)n1. The standard InChI is InChI=1S/C6H6F2N2O2/c1-3-2-12-6(9-3)10-5(11)4(7)8/h2,4H,1H3,(H,9,10,11). The van der Waals surface area contributed by atoms with Crippen molar-refractivity contribution < 1.29 is 18.0 Å². The van der Waals surface area contributed by atoms with E-state index in [1.165, 1.54) is 6.26 Å². The molecule has 1 heterocycles. The average molecular weight is 176 g/mol. The fourth-order valence-corrected chi connectivity index (χ4v) is 0.571. The minimum atomic E-state index is -3.06. The lowest BCUT2D eigenvalue weighted by atomic mass is 10.6. The number of anilines is 1. The Labute approximate surface area is 66.6 Å². The molecule has 0 fully saturated rings. The maximum atomic E-state index is 11.6. The Morgan fingerprint density at radius 1 is 1.75 bits per heavy atom. The third-order valence-corrected chi connectivity index (χ3v) is 1.05. The number of hydrogen-bond acceptors (Lipinski definition) is 3. The lowest BCUT2D eigenvalue weighted by Crippen LogP contribution is -2.20. The zero-order valence-corrected chi connectivity index (χ0v) is 6.17. The van der Waals surface area contributed by atoms with Crippen molar-refractivity contribution in [1.82, 2.24) is 4.98 Å². The Morgan fingerprint density at radius 3 is 2.83 bits per heavy atom. The van der Waals surface area contributed by atoms with Gasteiger partial charge in [0, 0.05) is 0 Å². The van der Waals surface area contributed by atoms with Crippen molar-refractivity contribution >= 4 is 11.9 Å². The van der Waals surface area contributed by atoms with Crippen LogP contribution in [0.1, 0.15) is 5.69 Å². The molecule has 1 aromatic heterocycles. The molecule has 4 nitrogen and oxygen atoms in total. The number of carbonyl (C=O) groups excluding carboxylic acids is 1. The van der Waals surface area contributed by atoms with E-state index < -0.39 is 12.3 Å². The van der Waals surface area contributed by atoms with Crippen molar-refractivity contribution in [2.24, 2.45) is 0 Å². The Morgan fingerprint density at radius 2 is 2.42 bits per heavy atom. The first kappa shape index (κ1) is 8.63. The number of carbonyl (C=O) groups is 1. The van der Waals surface area contributed by atoms with Crippen LogP contribution in [-0.4, -0.2) is 17.3 Å². The minimum absolute atomic E-state index is 0.210. The van der Waals surface area contributed by atoms with E-state index in [-0.39, 0.29) is 6.01 Å². The van der Waals surface area contributed by atoms with Crippen LogP contribution >= 0.6 is 0 Å². The van der Waals surface area contributed by atoms with E-state index in [0.717, 1.165) is 0 Å². The molecule has 12 heavy (non-hydrogen) atoms. The molecule has 0 saturated heterocycles. The first-order chi connectivity index (χ1) is 5.59. The summed E-state index contributed by atoms with van der Waals surface area (Å²) in [6.45, 7) is 1.61. The van der Waals surface area contributed by atoms with Crippen LogP contribution in [0.25, 0.3) is 0 Å². The highest BCUT2D eigenvalue weighted by atomic mass is 19.3. The van der Waals surface area contributed by atoms with Gasteiger partial charge in [-0.05, 0) is 6.92 Å². The number of halogens is 2. The Hall–Kier alpha value is -1.46. The number of aromatic nitrogens is 1. The van der Waals surface area contributed by atoms with E-state index in [2.05, 4.69) is 9.40 Å². The number of nitrogens with zero attached hydrogens (tertiary/aromatic N) is 1. The third-order valence-electron chi connectivity index (χ3n) is 1.05. The minimum Gasteiger partial charge on any atom is -0.432 e. The van der Waals surface area contributed by atoms with Gasteiger partial charge in [0.1, 0.15) is 6.26 Å². The molecule has 1 N–H and O–H groups in total. The van der Waals surface area contributed by atoms with Gasteiger partial charge in [0.05, 0.1) is 5.69 Å². The smallest absolute Gasteiger partial charge is 0.315 e. The fraction of sp³-hybridized carbons (Fsp3) is 0.333. The van der Waals surface area contributed by atoms with Crippen LogP contribution in [0.15, 0.2) is 10.7 Å². The average Bonchev–Trinajstić information content (AvgIpc) is 2.35. The van der Waals surface area contributed by atoms with Crippen molar-refractivity contribution in [3.05, 3.63) is 12.0 Å². The summed E-state index contributed by atoms with van der Waals surface area (Å²) in [5.41, 5.74) is 0.513. The van der Waals surface area contributed by atoms with E-state index in [9.17, 15) is 13.6 Å². The van der Waals surface area contributed by atoms with Crippen LogP contribution < -0.4 is 5.32 Å². The molecule has 0 bridgehead atoms. The molecule has 1 aromatic rings. The van der Waals surface area contributed by atoms with Gasteiger partial charge in [-0.15, -0.1) is 0 Å². The Balaban J connectivity index is 2.58. The van der Waals surface area contributed by atoms with E-state index in [4.69, 9.17) is 0 Å². The molecule has 0 aromatic carbocycles. The van der Waals surface area contributed by atoms with Crippen LogP contribution in [-0.2, 0) is 4.79 Å². The van der Waals surface area contributed by atoms with E-state index in [1.54, 1.807) is 12.2 Å². The van der Waals surface area contributed by atoms with Gasteiger partial charge < -0.3 is 4.42 Å². The van der Waals surface area contributed by atoms with Gasteiger partial charge in [-0.1, -0.05) is 0 Å². The largest absolute Gasteiger partial charge is 0.432 e. The monoisotopic (exact) mass is 176 g/mol. The molecular weight excluding hydrogens is 170 g/mol. The second-order valence-corrected chi connectivity index (χ2v) is 2.08. The molecule has 0 radical (unpaired) electrons. The van der Waals surface area contributed by atoms with Gasteiger partial charge in [-0.2, -0.15) is 13.8 Å². The molecule has 0 atom stereocenters. The number of rotatable bonds is 2. The maximum absolute atomic E-state index is 11.6. The van der Waals surface area contributed by atoms with E-state index >= 15 is 0 Å². The molecule has 0 aliphatic carbocycles. The molecule has 0 spiro atoms. The lowest BCUT2D eigenvalue weighted by Gasteiger charge is -1.96. The highest BCUT2D eigenvalue weighted by Crippen LogP contribution is 2.07. The summed E-state index contributed by atoms with van der Waals surface area (Å²) in [6, 6.07) is -0.210. The van der Waals surface area contributed by atoms with E-state index in [0.29, 0.717) is 5.69 Å². The fourth-order valence-electron chi connectivity index (χ4n) is 0.571. The molecule has 66 valence electrons. The van der Waals surface area contributed by atoms with Crippen LogP contribution in [0.2, 0.25) is 0 Å². The number of hydrogen-bond donors (Lipinski definition) is 1. The lowest BCUT2D eigenvalue weighted by molar-refractivity contribution is -0.126. The third kappa shape index (κ3) is 2.01. The van der Waals surface area contributed by atoms with Gasteiger partial charge in [-0.25, -0.2) is 0 Å². The maximum Gasteiger partial charge on any atom is 0.315 e. The first-order valence-electron chi connectivity index (χ1n) is 3.10. The van der Waals surface area contributed by atoms with Crippen LogP contribution in [0.3, 0.4) is 0 Å². The summed E-state index contributed by atoms with van der Waals surface area (Å²) < 4.78 is 27.9. The topological polar surface area (TPSA) is 55.1 Å². The predicted molar refractivity (Wildman–Crippen MR) is 35.9 cm³/mol. The summed E-state index contributed by atoms with van der Waals surface area (Å²) >= 11 is 0. The molecule has 6 heteroatoms. The molecule has 1 amide bonds. The highest BCUT2D eigenvalue weighted by molar-refractivity contribution is 5.91. The summed E-state index contributed by atoms with van der Waals surface area (Å²) in [5.74, 6) is -1.42. The summed E-state index contributed by atoms with van der Waals surface area (Å²) in [7, 11) is 0. The molecule has 1 rings (SSSR count). The predicted octanol–water partition coefficient (Wildman–Crippen LogP) is 1.19. The number of aryl methyl sites for hydroxylation is 1. The number of oxazole rings is 1. The summed E-state index contributed by atoms with van der Waals surface area (Å²) in [4.78, 5) is 14.0. The highest BCUT2D eigenvalue weighted by Gasteiger charge is 2.16. The van der Waals surface area contributed by atoms with Crippen molar-refractivity contribution in [2.75, 3.05) is 5.32 Å². The molecule has 0 aliphatic heterocycles. The van der Waals surface area contributed by atoms with Crippen molar-refractivity contribution in [1.29, 1.82) is 0 Å². The van der Waals surface area contributed by atoms with Crippen LogP contribution in [0, 0.1) is 6.92 Å². The van der Waals surface area contributed by atoms with Gasteiger partial charge in [-0.3, -0.25) is 10.1 Å². The Kier molecular flexibility index (Phi) is 2.37. The van der Waals surface area contributed by atoms with Gasteiger partial charge in [0.2, 0.25) is 0 Å². The summed E-state index contributed by atoms with van der Waals surface area (Å²) in [6.07, 6.45) is -1.81. The number of alkyl halides is 2. The van der Waals surface area contributed by atoms with Crippen molar-refractivity contribution in [3.63, 3.8) is 0 Å².